The molecule has 7 heteroatoms. The molecule has 2 aromatic rings. The summed E-state index contributed by atoms with van der Waals surface area (Å²) in [6.45, 7) is 9.46. The number of carbonyl (C=O) groups is 1. The summed E-state index contributed by atoms with van der Waals surface area (Å²) in [7, 11) is 4.15. The molecule has 7 nitrogen and oxygen atoms in total. The molecule has 1 fully saturated rings. The highest BCUT2D eigenvalue weighted by Gasteiger charge is 2.23. The third kappa shape index (κ3) is 4.48. The van der Waals surface area contributed by atoms with Crippen LogP contribution in [0.3, 0.4) is 0 Å². The fourth-order valence-electron chi connectivity index (χ4n) is 3.92. The van der Waals surface area contributed by atoms with Gasteiger partial charge in [0.15, 0.2) is 0 Å². The van der Waals surface area contributed by atoms with Crippen molar-refractivity contribution in [3.05, 3.63) is 29.5 Å². The lowest BCUT2D eigenvalue weighted by atomic mass is 10.1. The minimum absolute atomic E-state index is 0.248. The summed E-state index contributed by atoms with van der Waals surface area (Å²) in [6, 6.07) is 5.70. The molecule has 0 bridgehead atoms. The van der Waals surface area contributed by atoms with Crippen LogP contribution in [0.5, 0.6) is 5.75 Å². The Labute approximate surface area is 166 Å². The van der Waals surface area contributed by atoms with Crippen molar-refractivity contribution in [3.8, 4) is 5.75 Å². The Balaban J connectivity index is 1.68. The van der Waals surface area contributed by atoms with E-state index in [1.54, 1.807) is 11.8 Å². The monoisotopic (exact) mass is 391 g/mol. The Morgan fingerprint density at radius 3 is 2.68 bits per heavy atom. The number of aryl methyl sites for hydroxylation is 1. The lowest BCUT2D eigenvalue weighted by Crippen LogP contribution is -3.27. The number of aliphatic hydroxyl groups is 1. The van der Waals surface area contributed by atoms with Crippen LogP contribution in [-0.2, 0) is 11.8 Å². The fourth-order valence-corrected chi connectivity index (χ4v) is 3.92. The van der Waals surface area contributed by atoms with Crippen molar-refractivity contribution in [1.82, 2.24) is 4.57 Å². The van der Waals surface area contributed by atoms with Gasteiger partial charge in [0.05, 0.1) is 19.2 Å². The second-order valence-electron chi connectivity index (χ2n) is 7.79. The van der Waals surface area contributed by atoms with Crippen LogP contribution < -0.4 is 14.5 Å². The number of hydrogen-bond donors (Lipinski definition) is 3. The highest BCUT2D eigenvalue weighted by Crippen LogP contribution is 2.29. The molecule has 3 rings (SSSR count). The third-order valence-corrected chi connectivity index (χ3v) is 5.72. The van der Waals surface area contributed by atoms with Gasteiger partial charge in [0.25, 0.3) is 0 Å². The SMILES string of the molecule is CCOC(=O)c1c(C)n(C)c2ccc(OCC(O)C[NH+]3CC[NH+](C)CC3)cc12. The summed E-state index contributed by atoms with van der Waals surface area (Å²) in [4.78, 5) is 15.4. The van der Waals surface area contributed by atoms with Crippen LogP contribution >= 0.6 is 0 Å². The maximum absolute atomic E-state index is 12.4. The third-order valence-electron chi connectivity index (χ3n) is 5.72. The number of aromatic nitrogens is 1. The molecule has 0 aliphatic carbocycles. The number of nitrogens with one attached hydrogen (secondary N) is 2. The Bertz CT molecular complexity index is 825. The molecule has 1 aliphatic heterocycles. The van der Waals surface area contributed by atoms with Crippen molar-refractivity contribution in [2.75, 3.05) is 53.0 Å². The number of nitrogens with zero attached hydrogens (tertiary/aromatic N) is 1. The van der Waals surface area contributed by atoms with E-state index in [1.165, 1.54) is 4.90 Å². The van der Waals surface area contributed by atoms with E-state index in [4.69, 9.17) is 9.47 Å². The maximum Gasteiger partial charge on any atom is 0.340 e. The highest BCUT2D eigenvalue weighted by molar-refractivity contribution is 6.06. The molecule has 2 heterocycles. The van der Waals surface area contributed by atoms with E-state index in [2.05, 4.69) is 7.05 Å². The van der Waals surface area contributed by atoms with E-state index in [0.29, 0.717) is 24.5 Å². The van der Waals surface area contributed by atoms with Crippen LogP contribution in [-0.4, -0.2) is 74.7 Å². The molecule has 0 spiro atoms. The largest absolute Gasteiger partial charge is 0.491 e. The van der Waals surface area contributed by atoms with Crippen molar-refractivity contribution < 1.29 is 29.2 Å². The zero-order valence-electron chi connectivity index (χ0n) is 17.4. The first kappa shape index (κ1) is 20.6. The smallest absolute Gasteiger partial charge is 0.340 e. The molecule has 0 saturated carbocycles. The van der Waals surface area contributed by atoms with E-state index in [0.717, 1.165) is 42.8 Å². The molecular weight excluding hydrogens is 358 g/mol. The summed E-state index contributed by atoms with van der Waals surface area (Å²) in [5.74, 6) is 0.337. The predicted octanol–water partition coefficient (Wildman–Crippen LogP) is -1.18. The van der Waals surface area contributed by atoms with Crippen LogP contribution in [0.25, 0.3) is 10.9 Å². The number of benzene rings is 1. The normalized spacial score (nSPS) is 20.9. The van der Waals surface area contributed by atoms with Gasteiger partial charge >= 0.3 is 5.97 Å². The van der Waals surface area contributed by atoms with E-state index in [9.17, 15) is 9.90 Å². The number of rotatable bonds is 7. The second kappa shape index (κ2) is 8.94. The first-order valence-corrected chi connectivity index (χ1v) is 10.1. The molecule has 1 aromatic carbocycles. The van der Waals surface area contributed by atoms with Gasteiger partial charge in [-0.15, -0.1) is 0 Å². The minimum Gasteiger partial charge on any atom is -0.491 e. The minimum atomic E-state index is -0.508. The lowest BCUT2D eigenvalue weighted by Gasteiger charge is -2.28. The standard InChI is InChI=1S/C21H31N3O4/c1-5-27-21(26)20-15(2)23(4)19-7-6-17(12-18(19)20)28-14-16(25)13-24-10-8-22(3)9-11-24/h6-7,12,16,25H,5,8-11,13-14H2,1-4H3/p+2. The number of hydrogen-bond acceptors (Lipinski definition) is 4. The van der Waals surface area contributed by atoms with Crippen LogP contribution in [0.2, 0.25) is 0 Å². The highest BCUT2D eigenvalue weighted by atomic mass is 16.5. The average Bonchev–Trinajstić information content (AvgIpc) is 2.92. The number of aliphatic hydroxyl groups excluding tert-OH is 1. The average molecular weight is 392 g/mol. The Morgan fingerprint density at radius 2 is 2.00 bits per heavy atom. The number of carbonyl (C=O) groups excluding carboxylic acids is 1. The summed E-state index contributed by atoms with van der Waals surface area (Å²) in [5, 5.41) is 11.2. The van der Waals surface area contributed by atoms with Gasteiger partial charge < -0.3 is 28.9 Å². The summed E-state index contributed by atoms with van der Waals surface area (Å²) in [5.41, 5.74) is 2.40. The van der Waals surface area contributed by atoms with Gasteiger partial charge in [0, 0.05) is 23.6 Å². The van der Waals surface area contributed by atoms with Gasteiger partial charge in [-0.1, -0.05) is 0 Å². The van der Waals surface area contributed by atoms with Crippen LogP contribution in [0.4, 0.5) is 0 Å². The van der Waals surface area contributed by atoms with Gasteiger partial charge in [0.2, 0.25) is 0 Å². The Hall–Kier alpha value is -2.09. The molecule has 1 unspecified atom stereocenters. The Kier molecular flexibility index (Phi) is 6.59. The molecule has 1 aliphatic rings. The summed E-state index contributed by atoms with van der Waals surface area (Å²) >= 11 is 0. The number of quaternary nitrogens is 2. The molecule has 1 saturated heterocycles. The van der Waals surface area contributed by atoms with E-state index < -0.39 is 6.10 Å². The van der Waals surface area contributed by atoms with E-state index in [-0.39, 0.29) is 12.6 Å². The van der Waals surface area contributed by atoms with Crippen molar-refractivity contribution in [2.24, 2.45) is 7.05 Å². The molecular formula is C21H33N3O4+2. The number of esters is 1. The van der Waals surface area contributed by atoms with Crippen LogP contribution in [0, 0.1) is 6.92 Å². The summed E-state index contributed by atoms with van der Waals surface area (Å²) in [6.07, 6.45) is -0.508. The van der Waals surface area contributed by atoms with Gasteiger partial charge in [-0.05, 0) is 32.0 Å². The second-order valence-corrected chi connectivity index (χ2v) is 7.79. The number of likely N-dealkylation sites (N-methyl/N-ethyl adjacent to an activating group) is 1. The maximum atomic E-state index is 12.4. The fraction of sp³-hybridized carbons (Fsp3) is 0.571. The van der Waals surface area contributed by atoms with E-state index in [1.807, 2.05) is 36.7 Å². The predicted molar refractivity (Wildman–Crippen MR) is 107 cm³/mol. The van der Waals surface area contributed by atoms with Crippen LogP contribution in [0.1, 0.15) is 23.0 Å². The number of fused-ring (bicyclic) bond motifs is 1. The quantitative estimate of drug-likeness (QED) is 0.520. The summed E-state index contributed by atoms with van der Waals surface area (Å²) < 4.78 is 13.1. The van der Waals surface area contributed by atoms with Crippen molar-refractivity contribution in [1.29, 1.82) is 0 Å². The molecule has 28 heavy (non-hydrogen) atoms. The number of piperazine rings is 1. The first-order chi connectivity index (χ1) is 13.4. The topological polar surface area (TPSA) is 69.6 Å². The van der Waals surface area contributed by atoms with Gasteiger partial charge in [-0.3, -0.25) is 0 Å². The van der Waals surface area contributed by atoms with Crippen molar-refractivity contribution in [2.45, 2.75) is 20.0 Å². The number of ether oxygens (including phenoxy) is 2. The Morgan fingerprint density at radius 1 is 1.29 bits per heavy atom. The molecule has 0 radical (unpaired) electrons. The molecule has 154 valence electrons. The van der Waals surface area contributed by atoms with Gasteiger partial charge in [0.1, 0.15) is 51.2 Å². The van der Waals surface area contributed by atoms with E-state index >= 15 is 0 Å². The first-order valence-electron chi connectivity index (χ1n) is 10.1. The molecule has 1 atom stereocenters. The van der Waals surface area contributed by atoms with Gasteiger partial charge in [-0.2, -0.15) is 0 Å². The van der Waals surface area contributed by atoms with Gasteiger partial charge in [-0.25, -0.2) is 4.79 Å². The molecule has 3 N–H and O–H groups in total. The zero-order valence-corrected chi connectivity index (χ0v) is 17.4. The molecule has 0 amide bonds. The van der Waals surface area contributed by atoms with Crippen molar-refractivity contribution >= 4 is 16.9 Å². The lowest BCUT2D eigenvalue weighted by molar-refractivity contribution is -1.00. The zero-order chi connectivity index (χ0) is 20.3. The van der Waals surface area contributed by atoms with Crippen molar-refractivity contribution in [3.63, 3.8) is 0 Å². The van der Waals surface area contributed by atoms with Crippen LogP contribution in [0.15, 0.2) is 18.2 Å². The molecule has 1 aromatic heterocycles.